The topological polar surface area (TPSA) is 85.2 Å². The van der Waals surface area contributed by atoms with Crippen molar-refractivity contribution in [2.75, 3.05) is 18.6 Å². The number of carboxylic acids is 1. The number of hydrazone groups is 1. The van der Waals surface area contributed by atoms with Crippen molar-refractivity contribution in [1.29, 1.82) is 0 Å². The highest BCUT2D eigenvalue weighted by atomic mass is 35.5. The highest BCUT2D eigenvalue weighted by Gasteiger charge is 2.32. The Morgan fingerprint density at radius 2 is 1.90 bits per heavy atom. The summed E-state index contributed by atoms with van der Waals surface area (Å²) in [5.41, 5.74) is 1.15. The molecule has 2 aromatic carbocycles. The van der Waals surface area contributed by atoms with Crippen LogP contribution in [-0.2, 0) is 17.4 Å². The predicted molar refractivity (Wildman–Crippen MR) is 164 cm³/mol. The molecular formula is C31H38Cl2F3N3O3. The number of alkyl halides is 3. The fraction of sp³-hybridized carbons (Fsp3) is 0.419. The number of carboxylic acid groups (broad SMARTS) is 1. The van der Waals surface area contributed by atoms with Gasteiger partial charge in [-0.2, -0.15) is 18.3 Å². The molecule has 6 nitrogen and oxygen atoms in total. The van der Waals surface area contributed by atoms with Gasteiger partial charge in [0.25, 0.3) is 0 Å². The van der Waals surface area contributed by atoms with E-state index in [0.717, 1.165) is 35.6 Å². The lowest BCUT2D eigenvalue weighted by molar-refractivity contribution is -0.138. The number of aliphatic hydroxyl groups is 1. The molecule has 0 amide bonds. The Morgan fingerprint density at radius 3 is 2.40 bits per heavy atom. The Balaban J connectivity index is 0.000000766. The minimum absolute atomic E-state index is 0.0271. The molecule has 2 aromatic rings. The highest BCUT2D eigenvalue weighted by Crippen LogP contribution is 2.39. The Labute approximate surface area is 255 Å². The molecule has 0 bridgehead atoms. The Morgan fingerprint density at radius 1 is 1.21 bits per heavy atom. The maximum atomic E-state index is 13.4. The minimum Gasteiger partial charge on any atom is -0.481 e. The van der Waals surface area contributed by atoms with Gasteiger partial charge in [-0.25, -0.2) is 0 Å². The summed E-state index contributed by atoms with van der Waals surface area (Å²) in [6.45, 7) is 5.69. The number of nitrogens with one attached hydrogen (secondary N) is 1. The Hall–Kier alpha value is -2.85. The van der Waals surface area contributed by atoms with Crippen molar-refractivity contribution >= 4 is 41.6 Å². The number of benzene rings is 2. The quantitative estimate of drug-likeness (QED) is 0.119. The van der Waals surface area contributed by atoms with Crippen molar-refractivity contribution < 1.29 is 28.2 Å². The number of nitrogens with zero attached hydrogens (tertiary/aromatic N) is 2. The number of hydrogen-bond acceptors (Lipinski definition) is 5. The average Bonchev–Trinajstić information content (AvgIpc) is 2.94. The average molecular weight is 629 g/mol. The molecule has 0 fully saturated rings. The van der Waals surface area contributed by atoms with E-state index in [1.165, 1.54) is 5.01 Å². The fourth-order valence-corrected chi connectivity index (χ4v) is 5.19. The van der Waals surface area contributed by atoms with Crippen molar-refractivity contribution in [3.05, 3.63) is 87.4 Å². The lowest BCUT2D eigenvalue weighted by atomic mass is 9.83. The normalized spacial score (nSPS) is 16.1. The van der Waals surface area contributed by atoms with Crippen molar-refractivity contribution in [3.8, 4) is 0 Å². The molecular weight excluding hydrogens is 590 g/mol. The van der Waals surface area contributed by atoms with Gasteiger partial charge in [0.2, 0.25) is 0 Å². The lowest BCUT2D eigenvalue weighted by Gasteiger charge is -2.26. The summed E-state index contributed by atoms with van der Waals surface area (Å²) in [6, 6.07) is 11.5. The third-order valence-electron chi connectivity index (χ3n) is 6.87. The molecule has 0 heterocycles. The minimum atomic E-state index is -4.51. The zero-order valence-electron chi connectivity index (χ0n) is 23.7. The van der Waals surface area contributed by atoms with Crippen LogP contribution < -0.4 is 10.3 Å². The number of carbonyl (C=O) groups is 1. The van der Waals surface area contributed by atoms with Gasteiger partial charge in [0.05, 0.1) is 22.7 Å². The van der Waals surface area contributed by atoms with E-state index in [1.54, 1.807) is 7.05 Å². The first-order chi connectivity index (χ1) is 19.9. The van der Waals surface area contributed by atoms with E-state index in [-0.39, 0.29) is 29.8 Å². The maximum absolute atomic E-state index is 13.4. The van der Waals surface area contributed by atoms with Crippen molar-refractivity contribution in [1.82, 2.24) is 5.32 Å². The smallest absolute Gasteiger partial charge is 0.416 e. The molecule has 0 aromatic heterocycles. The maximum Gasteiger partial charge on any atom is 0.416 e. The standard InChI is InChI=1S/C25H33ClF3N3O3.C6H5Cl/c1-4-5-16(17-6-9-18(10-7-17)24(35)31-13-12-22(33)34)8-11-19-14-20(25(27,28)29)15-21(26)23(19)32(3)30-2;7-6-4-2-1-3-5-6/h6-7,9,14-16,18,24,31,35H,2,4-5,8,10-13H2,1,3H3,(H,33,34);1-5H. The van der Waals surface area contributed by atoms with Gasteiger partial charge in [0, 0.05) is 31.3 Å². The summed E-state index contributed by atoms with van der Waals surface area (Å²) in [7, 11) is 1.59. The van der Waals surface area contributed by atoms with Crippen LogP contribution in [0.1, 0.15) is 50.2 Å². The number of aliphatic carboxylic acids is 1. The fourth-order valence-electron chi connectivity index (χ4n) is 4.68. The van der Waals surface area contributed by atoms with Gasteiger partial charge < -0.3 is 10.2 Å². The van der Waals surface area contributed by atoms with E-state index in [4.69, 9.17) is 28.3 Å². The summed E-state index contributed by atoms with van der Waals surface area (Å²) in [5.74, 6) is -0.998. The SMILES string of the molecule is C=NN(C)c1c(Cl)cc(C(F)(F)F)cc1CCC(CCC)C1=CCC(C(O)NCCC(=O)O)C=C1.Clc1ccccc1. The number of aliphatic hydroxyl groups excluding tert-OH is 1. The van der Waals surface area contributed by atoms with Gasteiger partial charge in [-0.15, -0.1) is 0 Å². The molecule has 3 atom stereocenters. The van der Waals surface area contributed by atoms with Crippen LogP contribution in [0, 0.1) is 11.8 Å². The first-order valence-corrected chi connectivity index (χ1v) is 14.4. The molecule has 0 radical (unpaired) electrons. The van der Waals surface area contributed by atoms with Crippen LogP contribution >= 0.6 is 23.2 Å². The summed E-state index contributed by atoms with van der Waals surface area (Å²) in [4.78, 5) is 10.6. The number of halogens is 5. The molecule has 11 heteroatoms. The van der Waals surface area contributed by atoms with Gasteiger partial charge in [-0.05, 0) is 67.0 Å². The van der Waals surface area contributed by atoms with Crippen molar-refractivity contribution in [2.24, 2.45) is 16.9 Å². The van der Waals surface area contributed by atoms with Crippen LogP contribution in [0.25, 0.3) is 0 Å². The summed E-state index contributed by atoms with van der Waals surface area (Å²) in [5, 5.41) is 27.8. The van der Waals surface area contributed by atoms with Gasteiger partial charge in [-0.3, -0.25) is 15.1 Å². The molecule has 3 rings (SSSR count). The molecule has 0 saturated heterocycles. The van der Waals surface area contributed by atoms with E-state index < -0.39 is 23.9 Å². The molecule has 230 valence electrons. The lowest BCUT2D eigenvalue weighted by Crippen LogP contribution is -2.37. The molecule has 1 aliphatic rings. The van der Waals surface area contributed by atoms with Gasteiger partial charge in [-0.1, -0.05) is 73.0 Å². The van der Waals surface area contributed by atoms with Crippen molar-refractivity contribution in [2.45, 2.75) is 57.9 Å². The summed E-state index contributed by atoms with van der Waals surface area (Å²) in [6.07, 6.45) is 3.79. The van der Waals surface area contributed by atoms with Gasteiger partial charge >= 0.3 is 12.1 Å². The number of hydrogen-bond donors (Lipinski definition) is 3. The molecule has 0 saturated carbocycles. The summed E-state index contributed by atoms with van der Waals surface area (Å²) >= 11 is 11.8. The van der Waals surface area contributed by atoms with Gasteiger partial charge in [0.1, 0.15) is 6.23 Å². The second-order valence-electron chi connectivity index (χ2n) is 9.95. The second kappa shape index (κ2) is 17.3. The van der Waals surface area contributed by atoms with E-state index in [0.29, 0.717) is 30.5 Å². The first kappa shape index (κ1) is 35.3. The Kier molecular flexibility index (Phi) is 14.6. The molecule has 3 N–H and O–H groups in total. The largest absolute Gasteiger partial charge is 0.481 e. The monoisotopic (exact) mass is 627 g/mol. The van der Waals surface area contributed by atoms with E-state index in [1.807, 2.05) is 48.6 Å². The predicted octanol–water partition coefficient (Wildman–Crippen LogP) is 7.98. The molecule has 0 aliphatic heterocycles. The zero-order chi connectivity index (χ0) is 31.3. The van der Waals surface area contributed by atoms with E-state index in [9.17, 15) is 23.1 Å². The molecule has 3 unspecified atom stereocenters. The van der Waals surface area contributed by atoms with Crippen LogP contribution in [0.4, 0.5) is 18.9 Å². The number of aryl methyl sites for hydroxylation is 1. The van der Waals surface area contributed by atoms with Crippen molar-refractivity contribution in [3.63, 3.8) is 0 Å². The summed E-state index contributed by atoms with van der Waals surface area (Å²) < 4.78 is 40.2. The van der Waals surface area contributed by atoms with Crippen LogP contribution in [0.2, 0.25) is 10.0 Å². The third kappa shape index (κ3) is 11.4. The number of anilines is 1. The van der Waals surface area contributed by atoms with Crippen LogP contribution in [-0.4, -0.2) is 42.7 Å². The number of rotatable bonds is 13. The number of allylic oxidation sites excluding steroid dienone is 3. The first-order valence-electron chi connectivity index (χ1n) is 13.7. The van der Waals surface area contributed by atoms with E-state index >= 15 is 0 Å². The molecule has 42 heavy (non-hydrogen) atoms. The van der Waals surface area contributed by atoms with Crippen LogP contribution in [0.3, 0.4) is 0 Å². The third-order valence-corrected chi connectivity index (χ3v) is 7.41. The molecule has 1 aliphatic carbocycles. The highest BCUT2D eigenvalue weighted by molar-refractivity contribution is 6.33. The van der Waals surface area contributed by atoms with Gasteiger partial charge in [0.15, 0.2) is 0 Å². The van der Waals surface area contributed by atoms with E-state index in [2.05, 4.69) is 24.1 Å². The Bertz CT molecular complexity index is 1220. The zero-order valence-corrected chi connectivity index (χ0v) is 25.3. The molecule has 0 spiro atoms. The second-order valence-corrected chi connectivity index (χ2v) is 10.8. The van der Waals surface area contributed by atoms with Crippen LogP contribution in [0.5, 0.6) is 0 Å². The van der Waals surface area contributed by atoms with Crippen LogP contribution in [0.15, 0.2) is 71.4 Å².